The lowest BCUT2D eigenvalue weighted by molar-refractivity contribution is 0.223. The summed E-state index contributed by atoms with van der Waals surface area (Å²) in [7, 11) is 2.02. The fraction of sp³-hybridized carbons (Fsp3) is 1.00. The highest BCUT2D eigenvalue weighted by atomic mass is 19.1. The summed E-state index contributed by atoms with van der Waals surface area (Å²) in [5.41, 5.74) is 0.322. The van der Waals surface area contributed by atoms with Crippen LogP contribution in [0.3, 0.4) is 0 Å². The summed E-state index contributed by atoms with van der Waals surface area (Å²) >= 11 is 0. The van der Waals surface area contributed by atoms with Crippen LogP contribution in [-0.2, 0) is 0 Å². The lowest BCUT2D eigenvalue weighted by atomic mass is 9.87. The summed E-state index contributed by atoms with van der Waals surface area (Å²) in [6.45, 7) is 7.27. The van der Waals surface area contributed by atoms with Gasteiger partial charge < -0.3 is 4.90 Å². The Morgan fingerprint density at radius 2 is 2.00 bits per heavy atom. The normalized spacial score (nSPS) is 32.8. The van der Waals surface area contributed by atoms with Crippen LogP contribution in [-0.4, -0.2) is 30.7 Å². The minimum atomic E-state index is -0.595. The van der Waals surface area contributed by atoms with E-state index in [0.717, 1.165) is 12.8 Å². The Kier molecular flexibility index (Phi) is 2.77. The molecule has 2 atom stereocenters. The molecule has 0 amide bonds. The Labute approximate surface area is 74.9 Å². The van der Waals surface area contributed by atoms with Gasteiger partial charge in [-0.25, -0.2) is 4.39 Å². The number of alkyl halides is 1. The third-order valence-electron chi connectivity index (χ3n) is 2.49. The lowest BCUT2D eigenvalue weighted by Gasteiger charge is -2.27. The van der Waals surface area contributed by atoms with Crippen molar-refractivity contribution < 1.29 is 4.39 Å². The molecule has 1 aliphatic heterocycles. The molecule has 0 aromatic carbocycles. The first-order chi connectivity index (χ1) is 5.38. The van der Waals surface area contributed by atoms with Gasteiger partial charge in [-0.05, 0) is 25.3 Å². The third-order valence-corrected chi connectivity index (χ3v) is 2.49. The lowest BCUT2D eigenvalue weighted by Crippen LogP contribution is -2.29. The van der Waals surface area contributed by atoms with Crippen LogP contribution >= 0.6 is 0 Å². The van der Waals surface area contributed by atoms with Crippen LogP contribution in [0.15, 0.2) is 0 Å². The number of halogens is 1. The van der Waals surface area contributed by atoms with Crippen molar-refractivity contribution in [1.29, 1.82) is 0 Å². The Balaban J connectivity index is 2.43. The van der Waals surface area contributed by atoms with Crippen LogP contribution in [0.5, 0.6) is 0 Å². The van der Waals surface area contributed by atoms with E-state index in [-0.39, 0.29) is 0 Å². The van der Waals surface area contributed by atoms with Gasteiger partial charge in [-0.1, -0.05) is 20.8 Å². The SMILES string of the molecule is CN1C[C@@H](F)C[C@@H]1CC(C)(C)C. The number of hydrogen-bond acceptors (Lipinski definition) is 1. The van der Waals surface area contributed by atoms with Crippen LogP contribution in [0, 0.1) is 5.41 Å². The topological polar surface area (TPSA) is 3.24 Å². The molecule has 0 saturated carbocycles. The molecular weight excluding hydrogens is 153 g/mol. The first-order valence-electron chi connectivity index (χ1n) is 4.73. The van der Waals surface area contributed by atoms with Crippen molar-refractivity contribution in [2.45, 2.75) is 45.8 Å². The standard InChI is InChI=1S/C10H20FN/c1-10(2,3)6-9-5-8(11)7-12(9)4/h8-9H,5-7H2,1-4H3/t8-,9+/m0/s1. The second-order valence-corrected chi connectivity index (χ2v) is 5.19. The Bertz CT molecular complexity index is 150. The smallest absolute Gasteiger partial charge is 0.114 e. The van der Waals surface area contributed by atoms with Crippen molar-refractivity contribution in [2.75, 3.05) is 13.6 Å². The van der Waals surface area contributed by atoms with E-state index in [4.69, 9.17) is 0 Å². The maximum atomic E-state index is 13.0. The van der Waals surface area contributed by atoms with Gasteiger partial charge in [0.25, 0.3) is 0 Å². The highest BCUT2D eigenvalue weighted by Crippen LogP contribution is 2.29. The second-order valence-electron chi connectivity index (χ2n) is 5.19. The van der Waals surface area contributed by atoms with Crippen molar-refractivity contribution in [3.8, 4) is 0 Å². The number of hydrogen-bond donors (Lipinski definition) is 0. The van der Waals surface area contributed by atoms with Gasteiger partial charge in [-0.15, -0.1) is 0 Å². The number of rotatable bonds is 1. The second kappa shape index (κ2) is 3.33. The molecule has 1 nitrogen and oxygen atoms in total. The van der Waals surface area contributed by atoms with Crippen LogP contribution < -0.4 is 0 Å². The predicted octanol–water partition coefficient (Wildman–Crippen LogP) is 2.46. The fourth-order valence-corrected chi connectivity index (χ4v) is 1.96. The van der Waals surface area contributed by atoms with E-state index in [9.17, 15) is 4.39 Å². The van der Waals surface area contributed by atoms with Crippen molar-refractivity contribution in [2.24, 2.45) is 5.41 Å². The van der Waals surface area contributed by atoms with Crippen molar-refractivity contribution >= 4 is 0 Å². The van der Waals surface area contributed by atoms with Gasteiger partial charge in [-0.2, -0.15) is 0 Å². The fourth-order valence-electron chi connectivity index (χ4n) is 1.96. The molecule has 0 aromatic heterocycles. The zero-order valence-corrected chi connectivity index (χ0v) is 8.60. The van der Waals surface area contributed by atoms with Crippen LogP contribution in [0.4, 0.5) is 4.39 Å². The van der Waals surface area contributed by atoms with E-state index >= 15 is 0 Å². The minimum absolute atomic E-state index is 0.322. The zero-order chi connectivity index (χ0) is 9.35. The van der Waals surface area contributed by atoms with Crippen LogP contribution in [0.2, 0.25) is 0 Å². The molecular formula is C10H20FN. The Morgan fingerprint density at radius 1 is 1.42 bits per heavy atom. The van der Waals surface area contributed by atoms with Gasteiger partial charge >= 0.3 is 0 Å². The van der Waals surface area contributed by atoms with Gasteiger partial charge in [0.15, 0.2) is 0 Å². The molecule has 1 heterocycles. The molecule has 1 saturated heterocycles. The first-order valence-corrected chi connectivity index (χ1v) is 4.73. The van der Waals surface area contributed by atoms with E-state index in [1.807, 2.05) is 7.05 Å². The average Bonchev–Trinajstić information content (AvgIpc) is 2.06. The molecule has 0 aromatic rings. The summed E-state index contributed by atoms with van der Waals surface area (Å²) < 4.78 is 13.0. The molecule has 1 rings (SSSR count). The number of likely N-dealkylation sites (tertiary alicyclic amines) is 1. The highest BCUT2D eigenvalue weighted by Gasteiger charge is 2.31. The van der Waals surface area contributed by atoms with Gasteiger partial charge in [0.05, 0.1) is 0 Å². The molecule has 0 radical (unpaired) electrons. The summed E-state index contributed by atoms with van der Waals surface area (Å²) in [5, 5.41) is 0. The van der Waals surface area contributed by atoms with E-state index in [0.29, 0.717) is 18.0 Å². The molecule has 12 heavy (non-hydrogen) atoms. The third kappa shape index (κ3) is 2.74. The molecule has 0 bridgehead atoms. The Hall–Kier alpha value is -0.110. The summed E-state index contributed by atoms with van der Waals surface area (Å²) in [5.74, 6) is 0. The quantitative estimate of drug-likeness (QED) is 0.589. The van der Waals surface area contributed by atoms with Crippen LogP contribution in [0.25, 0.3) is 0 Å². The van der Waals surface area contributed by atoms with Crippen LogP contribution in [0.1, 0.15) is 33.6 Å². The molecule has 0 aliphatic carbocycles. The molecule has 0 unspecified atom stereocenters. The number of nitrogens with zero attached hydrogens (tertiary/aromatic N) is 1. The van der Waals surface area contributed by atoms with Gasteiger partial charge in [0.2, 0.25) is 0 Å². The molecule has 72 valence electrons. The molecule has 1 fully saturated rings. The monoisotopic (exact) mass is 173 g/mol. The van der Waals surface area contributed by atoms with Crippen molar-refractivity contribution in [3.05, 3.63) is 0 Å². The predicted molar refractivity (Wildman–Crippen MR) is 50.0 cm³/mol. The van der Waals surface area contributed by atoms with E-state index in [1.54, 1.807) is 0 Å². The maximum Gasteiger partial charge on any atom is 0.114 e. The zero-order valence-electron chi connectivity index (χ0n) is 8.60. The summed E-state index contributed by atoms with van der Waals surface area (Å²) in [6.07, 6.45) is 1.24. The van der Waals surface area contributed by atoms with E-state index < -0.39 is 6.17 Å². The van der Waals surface area contributed by atoms with E-state index in [1.165, 1.54) is 0 Å². The minimum Gasteiger partial charge on any atom is -0.300 e. The molecule has 0 spiro atoms. The Morgan fingerprint density at radius 3 is 2.33 bits per heavy atom. The van der Waals surface area contributed by atoms with Gasteiger partial charge in [-0.3, -0.25) is 0 Å². The molecule has 1 aliphatic rings. The van der Waals surface area contributed by atoms with Crippen molar-refractivity contribution in [1.82, 2.24) is 4.90 Å². The van der Waals surface area contributed by atoms with Gasteiger partial charge in [0.1, 0.15) is 6.17 Å². The van der Waals surface area contributed by atoms with E-state index in [2.05, 4.69) is 25.7 Å². The van der Waals surface area contributed by atoms with Gasteiger partial charge in [0, 0.05) is 12.6 Å². The summed E-state index contributed by atoms with van der Waals surface area (Å²) in [6, 6.07) is 0.458. The molecule has 2 heteroatoms. The average molecular weight is 173 g/mol. The highest BCUT2D eigenvalue weighted by molar-refractivity contribution is 4.85. The largest absolute Gasteiger partial charge is 0.300 e. The first kappa shape index (κ1) is 9.97. The van der Waals surface area contributed by atoms with Crippen molar-refractivity contribution in [3.63, 3.8) is 0 Å². The molecule has 0 N–H and O–H groups in total. The summed E-state index contributed by atoms with van der Waals surface area (Å²) in [4.78, 5) is 2.15. The maximum absolute atomic E-state index is 13.0.